The fourth-order valence-corrected chi connectivity index (χ4v) is 3.83. The van der Waals surface area contributed by atoms with E-state index in [1.165, 1.54) is 25.8 Å². The molecule has 2 saturated heterocycles. The molecule has 2 aliphatic rings. The summed E-state index contributed by atoms with van der Waals surface area (Å²) in [6.45, 7) is 5.20. The molecular weight excluding hydrogens is 304 g/mol. The Bertz CT molecular complexity index is 584. The van der Waals surface area contributed by atoms with Crippen molar-refractivity contribution >= 4 is 5.91 Å². The normalized spacial score (nSPS) is 22.1. The second-order valence-electron chi connectivity index (χ2n) is 6.89. The van der Waals surface area contributed by atoms with E-state index in [1.807, 2.05) is 23.1 Å². The van der Waals surface area contributed by atoms with Crippen LogP contribution in [0.15, 0.2) is 18.2 Å². The Morgan fingerprint density at radius 3 is 2.67 bits per heavy atom. The predicted molar refractivity (Wildman–Crippen MR) is 93.6 cm³/mol. The minimum absolute atomic E-state index is 0.169. The first-order chi connectivity index (χ1) is 11.6. The number of carbonyl (C=O) groups is 1. The average molecular weight is 332 g/mol. The zero-order valence-corrected chi connectivity index (χ0v) is 15.0. The number of amides is 1. The van der Waals surface area contributed by atoms with Crippen LogP contribution < -0.4 is 9.47 Å². The SMILES string of the molecule is COc1ccc(OC)c(CC(=O)N2CC(N3CCCCC3C)C2)c1. The molecule has 0 aliphatic carbocycles. The molecule has 1 atom stereocenters. The molecule has 0 aromatic heterocycles. The molecule has 0 saturated carbocycles. The molecule has 1 aromatic rings. The van der Waals surface area contributed by atoms with Crippen molar-refractivity contribution in [3.8, 4) is 11.5 Å². The Labute approximate surface area is 144 Å². The smallest absolute Gasteiger partial charge is 0.227 e. The lowest BCUT2D eigenvalue weighted by atomic mass is 9.97. The van der Waals surface area contributed by atoms with Crippen LogP contribution in [0.3, 0.4) is 0 Å². The monoisotopic (exact) mass is 332 g/mol. The predicted octanol–water partition coefficient (Wildman–Crippen LogP) is 2.33. The summed E-state index contributed by atoms with van der Waals surface area (Å²) in [6.07, 6.45) is 4.27. The van der Waals surface area contributed by atoms with Gasteiger partial charge in [-0.1, -0.05) is 6.42 Å². The van der Waals surface area contributed by atoms with E-state index < -0.39 is 0 Å². The third kappa shape index (κ3) is 3.51. The maximum atomic E-state index is 12.6. The van der Waals surface area contributed by atoms with Crippen molar-refractivity contribution in [1.82, 2.24) is 9.80 Å². The topological polar surface area (TPSA) is 42.0 Å². The van der Waals surface area contributed by atoms with E-state index in [9.17, 15) is 4.79 Å². The van der Waals surface area contributed by atoms with Gasteiger partial charge in [-0.15, -0.1) is 0 Å². The van der Waals surface area contributed by atoms with Crippen LogP contribution in [0, 0.1) is 0 Å². The molecule has 1 aromatic carbocycles. The number of hydrogen-bond donors (Lipinski definition) is 0. The van der Waals surface area contributed by atoms with Crippen LogP contribution in [-0.2, 0) is 11.2 Å². The molecular formula is C19H28N2O3. The van der Waals surface area contributed by atoms with Gasteiger partial charge in [-0.05, 0) is 44.5 Å². The van der Waals surface area contributed by atoms with Crippen LogP contribution in [0.4, 0.5) is 0 Å². The van der Waals surface area contributed by atoms with Crippen molar-refractivity contribution in [2.45, 2.75) is 44.7 Å². The number of benzene rings is 1. The number of hydrogen-bond acceptors (Lipinski definition) is 4. The highest BCUT2D eigenvalue weighted by atomic mass is 16.5. The highest BCUT2D eigenvalue weighted by Gasteiger charge is 2.37. The van der Waals surface area contributed by atoms with Crippen molar-refractivity contribution in [1.29, 1.82) is 0 Å². The molecule has 24 heavy (non-hydrogen) atoms. The lowest BCUT2D eigenvalue weighted by Gasteiger charge is -2.49. The standard InChI is InChI=1S/C19H28N2O3/c1-14-6-4-5-9-21(14)16-12-20(13-16)19(22)11-15-10-17(23-2)7-8-18(15)24-3/h7-8,10,14,16H,4-6,9,11-13H2,1-3H3. The summed E-state index contributed by atoms with van der Waals surface area (Å²) in [7, 11) is 3.26. The van der Waals surface area contributed by atoms with Crippen LogP contribution >= 0.6 is 0 Å². The molecule has 132 valence electrons. The molecule has 2 fully saturated rings. The minimum atomic E-state index is 0.169. The van der Waals surface area contributed by atoms with Crippen molar-refractivity contribution in [3.05, 3.63) is 23.8 Å². The van der Waals surface area contributed by atoms with Gasteiger partial charge in [0.2, 0.25) is 5.91 Å². The van der Waals surface area contributed by atoms with E-state index in [4.69, 9.17) is 9.47 Å². The largest absolute Gasteiger partial charge is 0.497 e. The maximum Gasteiger partial charge on any atom is 0.227 e. The first-order valence-electron chi connectivity index (χ1n) is 8.86. The lowest BCUT2D eigenvalue weighted by molar-refractivity contribution is -0.139. The summed E-state index contributed by atoms with van der Waals surface area (Å²) in [5.41, 5.74) is 0.886. The number of piperidine rings is 1. The third-order valence-electron chi connectivity index (χ3n) is 5.37. The van der Waals surface area contributed by atoms with Crippen LogP contribution in [-0.4, -0.2) is 61.6 Å². The molecule has 3 rings (SSSR count). The molecule has 1 unspecified atom stereocenters. The number of ether oxygens (including phenoxy) is 2. The molecule has 5 nitrogen and oxygen atoms in total. The van der Waals surface area contributed by atoms with Crippen LogP contribution in [0.25, 0.3) is 0 Å². The molecule has 5 heteroatoms. The van der Waals surface area contributed by atoms with E-state index in [0.717, 1.165) is 30.2 Å². The first kappa shape index (κ1) is 17.1. The van der Waals surface area contributed by atoms with Crippen LogP contribution in [0.5, 0.6) is 11.5 Å². The first-order valence-corrected chi connectivity index (χ1v) is 8.86. The van der Waals surface area contributed by atoms with Gasteiger partial charge in [0.1, 0.15) is 11.5 Å². The quantitative estimate of drug-likeness (QED) is 0.830. The Morgan fingerprint density at radius 1 is 1.21 bits per heavy atom. The van der Waals surface area contributed by atoms with Crippen LogP contribution in [0.2, 0.25) is 0 Å². The molecule has 2 aliphatic heterocycles. The summed E-state index contributed by atoms with van der Waals surface area (Å²) < 4.78 is 10.6. The number of methoxy groups -OCH3 is 2. The Morgan fingerprint density at radius 2 is 2.00 bits per heavy atom. The van der Waals surface area contributed by atoms with E-state index >= 15 is 0 Å². The molecule has 0 radical (unpaired) electrons. The van der Waals surface area contributed by atoms with Crippen molar-refractivity contribution < 1.29 is 14.3 Å². The molecule has 0 spiro atoms. The van der Waals surface area contributed by atoms with E-state index in [1.54, 1.807) is 14.2 Å². The minimum Gasteiger partial charge on any atom is -0.497 e. The van der Waals surface area contributed by atoms with E-state index in [-0.39, 0.29) is 5.91 Å². The van der Waals surface area contributed by atoms with Gasteiger partial charge < -0.3 is 14.4 Å². The molecule has 1 amide bonds. The lowest BCUT2D eigenvalue weighted by Crippen LogP contribution is -2.63. The summed E-state index contributed by atoms with van der Waals surface area (Å²) >= 11 is 0. The Kier molecular flexibility index (Phi) is 5.29. The fraction of sp³-hybridized carbons (Fsp3) is 0.632. The number of carbonyl (C=O) groups excluding carboxylic acids is 1. The van der Waals surface area contributed by atoms with Gasteiger partial charge in [0.05, 0.1) is 20.6 Å². The highest BCUT2D eigenvalue weighted by Crippen LogP contribution is 2.27. The second kappa shape index (κ2) is 7.43. The van der Waals surface area contributed by atoms with Gasteiger partial charge in [-0.25, -0.2) is 0 Å². The van der Waals surface area contributed by atoms with Crippen molar-refractivity contribution in [3.63, 3.8) is 0 Å². The van der Waals surface area contributed by atoms with Gasteiger partial charge >= 0.3 is 0 Å². The number of rotatable bonds is 5. The molecule has 0 N–H and O–H groups in total. The number of likely N-dealkylation sites (tertiary alicyclic amines) is 2. The van der Waals surface area contributed by atoms with Gasteiger partial charge in [-0.2, -0.15) is 0 Å². The molecule has 0 bridgehead atoms. The second-order valence-corrected chi connectivity index (χ2v) is 6.89. The van der Waals surface area contributed by atoms with Crippen LogP contribution in [0.1, 0.15) is 31.7 Å². The van der Waals surface area contributed by atoms with Crippen molar-refractivity contribution in [2.24, 2.45) is 0 Å². The summed E-state index contributed by atoms with van der Waals surface area (Å²) in [5, 5.41) is 0. The van der Waals surface area contributed by atoms with Crippen molar-refractivity contribution in [2.75, 3.05) is 33.9 Å². The van der Waals surface area contributed by atoms with Gasteiger partial charge in [0, 0.05) is 30.7 Å². The fourth-order valence-electron chi connectivity index (χ4n) is 3.83. The average Bonchev–Trinajstić information content (AvgIpc) is 2.55. The van der Waals surface area contributed by atoms with Gasteiger partial charge in [0.25, 0.3) is 0 Å². The summed E-state index contributed by atoms with van der Waals surface area (Å²) in [5.74, 6) is 1.66. The van der Waals surface area contributed by atoms with Gasteiger partial charge in [0.15, 0.2) is 0 Å². The maximum absolute atomic E-state index is 12.6. The Balaban J connectivity index is 1.57. The van der Waals surface area contributed by atoms with Gasteiger partial charge in [-0.3, -0.25) is 9.69 Å². The number of nitrogens with zero attached hydrogens (tertiary/aromatic N) is 2. The zero-order chi connectivity index (χ0) is 17.1. The summed E-state index contributed by atoms with van der Waals surface area (Å²) in [4.78, 5) is 17.1. The van der Waals surface area contributed by atoms with E-state index in [2.05, 4.69) is 11.8 Å². The zero-order valence-electron chi connectivity index (χ0n) is 15.0. The van der Waals surface area contributed by atoms with E-state index in [0.29, 0.717) is 18.5 Å². The Hall–Kier alpha value is -1.75. The molecule has 2 heterocycles. The summed E-state index contributed by atoms with van der Waals surface area (Å²) in [6, 6.07) is 6.79. The highest BCUT2D eigenvalue weighted by molar-refractivity contribution is 5.80. The third-order valence-corrected chi connectivity index (χ3v) is 5.37.